The van der Waals surface area contributed by atoms with Crippen molar-refractivity contribution in [1.82, 2.24) is 0 Å². The molecular weight excluding hydrogens is 308 g/mol. The predicted octanol–water partition coefficient (Wildman–Crippen LogP) is 4.16. The first-order valence-corrected chi connectivity index (χ1v) is 7.49. The SMILES string of the molecule is C=C.CCCC(=O)Oc1ccc2c(c1)oc(=O)c1cc(O)ccc12. The number of esters is 1. The van der Waals surface area contributed by atoms with Gasteiger partial charge in [0.15, 0.2) is 0 Å². The first-order valence-electron chi connectivity index (χ1n) is 7.49. The number of fused-ring (bicyclic) bond motifs is 3. The molecular formula is C19H18O5. The fraction of sp³-hybridized carbons (Fsp3) is 0.158. The second-order valence-corrected chi connectivity index (χ2v) is 5.00. The van der Waals surface area contributed by atoms with Crippen LogP contribution >= 0.6 is 0 Å². The molecule has 2 aromatic carbocycles. The van der Waals surface area contributed by atoms with Crippen molar-refractivity contribution in [3.05, 3.63) is 60.0 Å². The molecule has 1 aromatic heterocycles. The van der Waals surface area contributed by atoms with Gasteiger partial charge < -0.3 is 14.3 Å². The number of aromatic hydroxyl groups is 1. The van der Waals surface area contributed by atoms with Crippen LogP contribution in [0.15, 0.2) is 58.8 Å². The maximum Gasteiger partial charge on any atom is 0.344 e. The van der Waals surface area contributed by atoms with E-state index in [0.29, 0.717) is 40.3 Å². The van der Waals surface area contributed by atoms with E-state index in [-0.39, 0.29) is 11.7 Å². The average Bonchev–Trinajstić information content (AvgIpc) is 2.57. The van der Waals surface area contributed by atoms with Crippen molar-refractivity contribution in [2.75, 3.05) is 0 Å². The summed E-state index contributed by atoms with van der Waals surface area (Å²) >= 11 is 0. The van der Waals surface area contributed by atoms with E-state index in [1.54, 1.807) is 18.2 Å². The van der Waals surface area contributed by atoms with Crippen molar-refractivity contribution in [2.24, 2.45) is 0 Å². The molecule has 3 aromatic rings. The predicted molar refractivity (Wildman–Crippen MR) is 93.5 cm³/mol. The molecule has 0 aliphatic rings. The highest BCUT2D eigenvalue weighted by atomic mass is 16.5. The van der Waals surface area contributed by atoms with Gasteiger partial charge in [-0.3, -0.25) is 4.79 Å². The summed E-state index contributed by atoms with van der Waals surface area (Å²) in [4.78, 5) is 23.5. The van der Waals surface area contributed by atoms with Crippen LogP contribution in [0.3, 0.4) is 0 Å². The lowest BCUT2D eigenvalue weighted by atomic mass is 10.1. The summed E-state index contributed by atoms with van der Waals surface area (Å²) in [7, 11) is 0. The van der Waals surface area contributed by atoms with Gasteiger partial charge in [-0.1, -0.05) is 6.92 Å². The van der Waals surface area contributed by atoms with Crippen LogP contribution in [0.2, 0.25) is 0 Å². The summed E-state index contributed by atoms with van der Waals surface area (Å²) in [5.74, 6) is 0.0198. The van der Waals surface area contributed by atoms with E-state index >= 15 is 0 Å². The Labute approximate surface area is 138 Å². The minimum atomic E-state index is -0.546. The number of benzene rings is 2. The molecule has 124 valence electrons. The van der Waals surface area contributed by atoms with Gasteiger partial charge in [-0.25, -0.2) is 4.79 Å². The molecule has 0 amide bonds. The van der Waals surface area contributed by atoms with Gasteiger partial charge in [0.25, 0.3) is 0 Å². The van der Waals surface area contributed by atoms with Crippen molar-refractivity contribution >= 4 is 27.7 Å². The maximum absolute atomic E-state index is 12.0. The monoisotopic (exact) mass is 326 g/mol. The molecule has 0 spiro atoms. The summed E-state index contributed by atoms with van der Waals surface area (Å²) < 4.78 is 10.4. The molecule has 0 aliphatic heterocycles. The lowest BCUT2D eigenvalue weighted by Crippen LogP contribution is -2.07. The van der Waals surface area contributed by atoms with Crippen molar-refractivity contribution in [2.45, 2.75) is 19.8 Å². The number of rotatable bonds is 3. The summed E-state index contributed by atoms with van der Waals surface area (Å²) in [6.45, 7) is 7.89. The van der Waals surface area contributed by atoms with E-state index in [4.69, 9.17) is 9.15 Å². The third kappa shape index (κ3) is 3.46. The zero-order valence-corrected chi connectivity index (χ0v) is 13.4. The van der Waals surface area contributed by atoms with Crippen molar-refractivity contribution in [1.29, 1.82) is 0 Å². The topological polar surface area (TPSA) is 76.7 Å². The number of hydrogen-bond donors (Lipinski definition) is 1. The molecule has 3 rings (SSSR count). The van der Waals surface area contributed by atoms with Gasteiger partial charge in [0.05, 0.1) is 5.39 Å². The zero-order chi connectivity index (χ0) is 17.7. The molecule has 0 saturated carbocycles. The number of carbonyl (C=O) groups excluding carboxylic acids is 1. The number of phenolic OH excluding ortho intramolecular Hbond substituents is 1. The lowest BCUT2D eigenvalue weighted by Gasteiger charge is -2.06. The third-order valence-corrected chi connectivity index (χ3v) is 3.35. The van der Waals surface area contributed by atoms with E-state index in [0.717, 1.165) is 0 Å². The summed E-state index contributed by atoms with van der Waals surface area (Å²) in [6, 6.07) is 9.45. The quantitative estimate of drug-likeness (QED) is 0.257. The van der Waals surface area contributed by atoms with Crippen LogP contribution in [0.5, 0.6) is 11.5 Å². The molecule has 24 heavy (non-hydrogen) atoms. The highest BCUT2D eigenvalue weighted by Gasteiger charge is 2.10. The third-order valence-electron chi connectivity index (χ3n) is 3.35. The minimum Gasteiger partial charge on any atom is -0.508 e. The van der Waals surface area contributed by atoms with E-state index in [9.17, 15) is 14.7 Å². The Morgan fingerprint density at radius 3 is 2.54 bits per heavy atom. The van der Waals surface area contributed by atoms with E-state index in [2.05, 4.69) is 13.2 Å². The highest BCUT2D eigenvalue weighted by Crippen LogP contribution is 2.28. The number of hydrogen-bond acceptors (Lipinski definition) is 5. The fourth-order valence-electron chi connectivity index (χ4n) is 2.35. The molecule has 0 fully saturated rings. The molecule has 5 heteroatoms. The first-order chi connectivity index (χ1) is 11.6. The van der Waals surface area contributed by atoms with Gasteiger partial charge >= 0.3 is 11.6 Å². The largest absolute Gasteiger partial charge is 0.508 e. The Bertz CT molecular complexity index is 940. The van der Waals surface area contributed by atoms with E-state index in [1.807, 2.05) is 6.92 Å². The summed E-state index contributed by atoms with van der Waals surface area (Å²) in [6.07, 6.45) is 1.04. The Hall–Kier alpha value is -3.08. The van der Waals surface area contributed by atoms with Gasteiger partial charge in [0.1, 0.15) is 17.1 Å². The smallest absolute Gasteiger partial charge is 0.344 e. The van der Waals surface area contributed by atoms with Crippen LogP contribution in [-0.2, 0) is 4.79 Å². The van der Waals surface area contributed by atoms with Gasteiger partial charge in [-0.05, 0) is 36.8 Å². The first kappa shape index (κ1) is 17.3. The highest BCUT2D eigenvalue weighted by molar-refractivity contribution is 6.05. The van der Waals surface area contributed by atoms with Crippen LogP contribution in [0, 0.1) is 0 Å². The minimum absolute atomic E-state index is 0.00395. The molecule has 0 atom stereocenters. The molecule has 0 unspecified atom stereocenters. The lowest BCUT2D eigenvalue weighted by molar-refractivity contribution is -0.134. The average molecular weight is 326 g/mol. The standard InChI is InChI=1S/C17H14O5.C2H4/c1-2-3-16(19)21-11-5-7-13-12-6-4-10(18)8-14(12)17(20)22-15(13)9-11;1-2/h4-9,18H,2-3H2,1H3;1-2H2. The van der Waals surface area contributed by atoms with Gasteiger partial charge in [-0.15, -0.1) is 13.2 Å². The molecule has 1 heterocycles. The van der Waals surface area contributed by atoms with Crippen molar-refractivity contribution in [3.63, 3.8) is 0 Å². The second-order valence-electron chi connectivity index (χ2n) is 5.00. The fourth-order valence-corrected chi connectivity index (χ4v) is 2.35. The number of ether oxygens (including phenoxy) is 1. The Morgan fingerprint density at radius 2 is 1.83 bits per heavy atom. The van der Waals surface area contributed by atoms with Gasteiger partial charge in [0, 0.05) is 23.3 Å². The Morgan fingerprint density at radius 1 is 1.12 bits per heavy atom. The van der Waals surface area contributed by atoms with E-state index in [1.165, 1.54) is 18.2 Å². The normalized spacial score (nSPS) is 10.2. The Kier molecular flexibility index (Phi) is 5.37. The van der Waals surface area contributed by atoms with Crippen molar-refractivity contribution < 1.29 is 19.1 Å². The van der Waals surface area contributed by atoms with Gasteiger partial charge in [-0.2, -0.15) is 0 Å². The number of phenols is 1. The maximum atomic E-state index is 12.0. The summed E-state index contributed by atoms with van der Waals surface area (Å²) in [5, 5.41) is 11.2. The molecule has 1 N–H and O–H groups in total. The number of carbonyl (C=O) groups is 1. The van der Waals surface area contributed by atoms with Crippen molar-refractivity contribution in [3.8, 4) is 11.5 Å². The van der Waals surface area contributed by atoms with Crippen LogP contribution in [0.1, 0.15) is 19.8 Å². The second kappa shape index (κ2) is 7.46. The van der Waals surface area contributed by atoms with Crippen LogP contribution in [0.25, 0.3) is 21.7 Å². The van der Waals surface area contributed by atoms with Crippen LogP contribution in [0.4, 0.5) is 0 Å². The molecule has 0 aliphatic carbocycles. The van der Waals surface area contributed by atoms with Crippen LogP contribution < -0.4 is 10.4 Å². The zero-order valence-electron chi connectivity index (χ0n) is 13.4. The molecule has 5 nitrogen and oxygen atoms in total. The van der Waals surface area contributed by atoms with E-state index < -0.39 is 5.63 Å². The Balaban J connectivity index is 0.00000100. The van der Waals surface area contributed by atoms with Gasteiger partial charge in [0.2, 0.25) is 0 Å². The summed E-state index contributed by atoms with van der Waals surface area (Å²) in [5.41, 5.74) is -0.208. The molecule has 0 radical (unpaired) electrons. The van der Waals surface area contributed by atoms with Crippen LogP contribution in [-0.4, -0.2) is 11.1 Å². The molecule has 0 bridgehead atoms. The molecule has 0 saturated heterocycles.